The van der Waals surface area contributed by atoms with Crippen LogP contribution in [0.5, 0.6) is 11.5 Å². The predicted octanol–water partition coefficient (Wildman–Crippen LogP) is 4.08. The van der Waals surface area contributed by atoms with Crippen LogP contribution in [0.1, 0.15) is 16.7 Å². The first kappa shape index (κ1) is 22.7. The number of alkyl halides is 3. The van der Waals surface area contributed by atoms with E-state index < -0.39 is 11.7 Å². The molecule has 0 saturated carbocycles. The normalized spacial score (nSPS) is 15.3. The molecule has 31 heavy (non-hydrogen) atoms. The monoisotopic (exact) mass is 434 g/mol. The minimum Gasteiger partial charge on any atom is -0.497 e. The van der Waals surface area contributed by atoms with Gasteiger partial charge in [-0.2, -0.15) is 13.2 Å². The van der Waals surface area contributed by atoms with E-state index in [0.717, 1.165) is 23.3 Å². The smallest absolute Gasteiger partial charge is 0.416 e. The van der Waals surface area contributed by atoms with Crippen molar-refractivity contribution in [2.24, 2.45) is 0 Å². The number of carbonyl (C=O) groups is 1. The molecule has 0 N–H and O–H groups in total. The molecule has 1 aliphatic heterocycles. The maximum atomic E-state index is 12.7. The molecule has 2 aromatic carbocycles. The van der Waals surface area contributed by atoms with Crippen LogP contribution in [0.3, 0.4) is 0 Å². The van der Waals surface area contributed by atoms with Gasteiger partial charge in [-0.25, -0.2) is 0 Å². The Kier molecular flexibility index (Phi) is 7.22. The summed E-state index contributed by atoms with van der Waals surface area (Å²) in [7, 11) is 3.13. The van der Waals surface area contributed by atoms with Gasteiger partial charge in [-0.1, -0.05) is 12.1 Å². The summed E-state index contributed by atoms with van der Waals surface area (Å²) in [6, 6.07) is 10.6. The summed E-state index contributed by atoms with van der Waals surface area (Å²) in [5, 5.41) is 0. The van der Waals surface area contributed by atoms with Crippen molar-refractivity contribution in [2.45, 2.75) is 12.7 Å². The Balaban J connectivity index is 1.52. The van der Waals surface area contributed by atoms with Crippen molar-refractivity contribution in [3.63, 3.8) is 0 Å². The van der Waals surface area contributed by atoms with Gasteiger partial charge in [0.05, 0.1) is 19.8 Å². The first-order chi connectivity index (χ1) is 14.8. The number of nitrogens with zero attached hydrogens (tertiary/aromatic N) is 2. The van der Waals surface area contributed by atoms with Gasteiger partial charge in [0.15, 0.2) is 0 Å². The summed E-state index contributed by atoms with van der Waals surface area (Å²) in [5.41, 5.74) is 0.970. The summed E-state index contributed by atoms with van der Waals surface area (Å²) in [4.78, 5) is 16.4. The molecule has 1 fully saturated rings. The predicted molar refractivity (Wildman–Crippen MR) is 112 cm³/mol. The lowest BCUT2D eigenvalue weighted by molar-refractivity contribution is -0.137. The van der Waals surface area contributed by atoms with E-state index in [1.54, 1.807) is 31.3 Å². The molecule has 0 radical (unpaired) electrons. The van der Waals surface area contributed by atoms with Gasteiger partial charge in [0.25, 0.3) is 0 Å². The maximum Gasteiger partial charge on any atom is 0.416 e. The van der Waals surface area contributed by atoms with Crippen molar-refractivity contribution >= 4 is 12.0 Å². The molecule has 1 aliphatic rings. The number of benzene rings is 2. The quantitative estimate of drug-likeness (QED) is 0.643. The highest BCUT2D eigenvalue weighted by molar-refractivity contribution is 5.92. The maximum absolute atomic E-state index is 12.7. The highest BCUT2D eigenvalue weighted by Crippen LogP contribution is 2.29. The van der Waals surface area contributed by atoms with E-state index in [1.165, 1.54) is 18.2 Å². The number of methoxy groups -OCH3 is 2. The zero-order valence-electron chi connectivity index (χ0n) is 17.5. The highest BCUT2D eigenvalue weighted by Gasteiger charge is 2.30. The molecule has 1 heterocycles. The third kappa shape index (κ3) is 6.24. The molecular weight excluding hydrogens is 409 g/mol. The SMILES string of the molecule is COc1cc(C=CC(=O)N2CCN(Cc3ccc(C(F)(F)F)cc3)CC2)cc(OC)c1. The highest BCUT2D eigenvalue weighted by atomic mass is 19.4. The number of ether oxygens (including phenoxy) is 2. The van der Waals surface area contributed by atoms with Gasteiger partial charge in [0, 0.05) is 44.9 Å². The first-order valence-electron chi connectivity index (χ1n) is 9.87. The Morgan fingerprint density at radius 2 is 1.55 bits per heavy atom. The Bertz CT molecular complexity index is 896. The van der Waals surface area contributed by atoms with Crippen LogP contribution < -0.4 is 9.47 Å². The van der Waals surface area contributed by atoms with Crippen LogP contribution in [0.25, 0.3) is 6.08 Å². The lowest BCUT2D eigenvalue weighted by Crippen LogP contribution is -2.47. The summed E-state index contributed by atoms with van der Waals surface area (Å²) in [6.07, 6.45) is -1.07. The van der Waals surface area contributed by atoms with Gasteiger partial charge in [0.1, 0.15) is 11.5 Å². The molecule has 3 rings (SSSR count). The summed E-state index contributed by atoms with van der Waals surface area (Å²) >= 11 is 0. The summed E-state index contributed by atoms with van der Waals surface area (Å²) in [6.45, 7) is 3.00. The van der Waals surface area contributed by atoms with Gasteiger partial charge in [-0.3, -0.25) is 9.69 Å². The largest absolute Gasteiger partial charge is 0.497 e. The molecule has 0 bridgehead atoms. The van der Waals surface area contributed by atoms with Gasteiger partial charge in [0.2, 0.25) is 5.91 Å². The van der Waals surface area contributed by atoms with E-state index in [2.05, 4.69) is 4.90 Å². The van der Waals surface area contributed by atoms with Crippen molar-refractivity contribution in [3.05, 3.63) is 65.2 Å². The fraction of sp³-hybridized carbons (Fsp3) is 0.348. The fourth-order valence-corrected chi connectivity index (χ4v) is 3.38. The third-order valence-corrected chi connectivity index (χ3v) is 5.16. The number of amides is 1. The third-order valence-electron chi connectivity index (χ3n) is 5.16. The van der Waals surface area contributed by atoms with Gasteiger partial charge in [-0.05, 0) is 41.5 Å². The minimum absolute atomic E-state index is 0.0871. The van der Waals surface area contributed by atoms with Crippen molar-refractivity contribution < 1.29 is 27.4 Å². The second kappa shape index (κ2) is 9.87. The fourth-order valence-electron chi connectivity index (χ4n) is 3.38. The molecule has 0 aromatic heterocycles. The first-order valence-corrected chi connectivity index (χ1v) is 9.87. The Morgan fingerprint density at radius 3 is 2.06 bits per heavy atom. The molecular formula is C23H25F3N2O3. The second-order valence-corrected chi connectivity index (χ2v) is 7.28. The van der Waals surface area contributed by atoms with Gasteiger partial charge < -0.3 is 14.4 Å². The molecule has 166 valence electrons. The van der Waals surface area contributed by atoms with Crippen LogP contribution in [-0.2, 0) is 17.5 Å². The number of piperazine rings is 1. The van der Waals surface area contributed by atoms with E-state index in [9.17, 15) is 18.0 Å². The topological polar surface area (TPSA) is 42.0 Å². The number of carbonyl (C=O) groups excluding carboxylic acids is 1. The van der Waals surface area contributed by atoms with E-state index in [-0.39, 0.29) is 5.91 Å². The molecule has 1 saturated heterocycles. The minimum atomic E-state index is -4.33. The van der Waals surface area contributed by atoms with Crippen LogP contribution in [-0.4, -0.2) is 56.1 Å². The number of halogens is 3. The second-order valence-electron chi connectivity index (χ2n) is 7.28. The van der Waals surface area contributed by atoms with Crippen LogP contribution in [0.2, 0.25) is 0 Å². The lowest BCUT2D eigenvalue weighted by Gasteiger charge is -2.34. The number of rotatable bonds is 6. The standard InChI is InChI=1S/C23H25F3N2O3/c1-30-20-13-18(14-21(15-20)31-2)5-8-22(29)28-11-9-27(10-12-28)16-17-3-6-19(7-4-17)23(24,25)26/h3-8,13-15H,9-12,16H2,1-2H3. The Labute approximate surface area is 179 Å². The lowest BCUT2D eigenvalue weighted by atomic mass is 10.1. The molecule has 0 spiro atoms. The van der Waals surface area contributed by atoms with Crippen molar-refractivity contribution in [3.8, 4) is 11.5 Å². The van der Waals surface area contributed by atoms with Crippen LogP contribution in [0, 0.1) is 0 Å². The van der Waals surface area contributed by atoms with E-state index in [1.807, 2.05) is 12.1 Å². The van der Waals surface area contributed by atoms with Crippen LogP contribution >= 0.6 is 0 Å². The number of hydrogen-bond donors (Lipinski definition) is 0. The number of hydrogen-bond acceptors (Lipinski definition) is 4. The summed E-state index contributed by atoms with van der Waals surface area (Å²) in [5.74, 6) is 1.20. The van der Waals surface area contributed by atoms with E-state index in [4.69, 9.17) is 9.47 Å². The Morgan fingerprint density at radius 1 is 0.968 bits per heavy atom. The van der Waals surface area contributed by atoms with E-state index in [0.29, 0.717) is 44.2 Å². The molecule has 2 aromatic rings. The van der Waals surface area contributed by atoms with Crippen LogP contribution in [0.4, 0.5) is 13.2 Å². The molecule has 8 heteroatoms. The zero-order valence-corrected chi connectivity index (χ0v) is 17.5. The molecule has 0 aliphatic carbocycles. The molecule has 0 unspecified atom stereocenters. The molecule has 1 amide bonds. The molecule has 5 nitrogen and oxygen atoms in total. The average Bonchev–Trinajstić information content (AvgIpc) is 2.77. The van der Waals surface area contributed by atoms with E-state index >= 15 is 0 Å². The van der Waals surface area contributed by atoms with Crippen molar-refractivity contribution in [2.75, 3.05) is 40.4 Å². The summed E-state index contributed by atoms with van der Waals surface area (Å²) < 4.78 is 48.5. The van der Waals surface area contributed by atoms with Crippen LogP contribution in [0.15, 0.2) is 48.5 Å². The average molecular weight is 434 g/mol. The van der Waals surface area contributed by atoms with Crippen molar-refractivity contribution in [1.29, 1.82) is 0 Å². The van der Waals surface area contributed by atoms with Crippen molar-refractivity contribution in [1.82, 2.24) is 9.80 Å². The molecule has 0 atom stereocenters. The van der Waals surface area contributed by atoms with Gasteiger partial charge >= 0.3 is 6.18 Å². The van der Waals surface area contributed by atoms with Gasteiger partial charge in [-0.15, -0.1) is 0 Å². The zero-order chi connectivity index (χ0) is 22.4. The Hall–Kier alpha value is -3.00.